The molecule has 0 aromatic carbocycles. The monoisotopic (exact) mass is 222 g/mol. The summed E-state index contributed by atoms with van der Waals surface area (Å²) in [5, 5.41) is 3.12. The highest BCUT2D eigenvalue weighted by atomic mass is 16.5. The van der Waals surface area contributed by atoms with Crippen LogP contribution in [0, 0.1) is 5.92 Å². The van der Waals surface area contributed by atoms with Crippen LogP contribution in [0.5, 0.6) is 5.75 Å². The van der Waals surface area contributed by atoms with Crippen LogP contribution in [0.3, 0.4) is 0 Å². The molecule has 0 saturated heterocycles. The summed E-state index contributed by atoms with van der Waals surface area (Å²) in [7, 11) is 1.92. The second kappa shape index (κ2) is 6.48. The quantitative estimate of drug-likeness (QED) is 0.803. The molecule has 0 aliphatic carbocycles. The molecule has 0 radical (unpaired) electrons. The van der Waals surface area contributed by atoms with Gasteiger partial charge in [0, 0.05) is 24.5 Å². The summed E-state index contributed by atoms with van der Waals surface area (Å²) in [5.41, 5.74) is 1.11. The molecule has 1 aromatic rings. The second-order valence-electron chi connectivity index (χ2n) is 4.57. The van der Waals surface area contributed by atoms with E-state index in [1.54, 1.807) is 6.20 Å². The number of rotatable bonds is 6. The van der Waals surface area contributed by atoms with Gasteiger partial charge in [0.15, 0.2) is 0 Å². The van der Waals surface area contributed by atoms with Crippen LogP contribution in [0.15, 0.2) is 18.5 Å². The first-order valence-electron chi connectivity index (χ1n) is 5.87. The number of hydrogen-bond acceptors (Lipinski definition) is 3. The first-order valence-corrected chi connectivity index (χ1v) is 5.87. The van der Waals surface area contributed by atoms with Crippen molar-refractivity contribution in [1.82, 2.24) is 10.3 Å². The normalized spacial score (nSPS) is 12.8. The lowest BCUT2D eigenvalue weighted by Crippen LogP contribution is -2.16. The molecule has 0 aliphatic rings. The summed E-state index contributed by atoms with van der Waals surface area (Å²) in [6.07, 6.45) is 4.95. The molecule has 0 amide bonds. The Kier molecular flexibility index (Phi) is 5.26. The van der Waals surface area contributed by atoms with Crippen LogP contribution in [0.2, 0.25) is 0 Å². The molecular formula is C13H22N2O. The van der Waals surface area contributed by atoms with Gasteiger partial charge >= 0.3 is 0 Å². The Hall–Kier alpha value is -1.09. The van der Waals surface area contributed by atoms with Gasteiger partial charge in [0.25, 0.3) is 0 Å². The van der Waals surface area contributed by atoms with Crippen molar-refractivity contribution in [1.29, 1.82) is 0 Å². The summed E-state index contributed by atoms with van der Waals surface area (Å²) in [6, 6.07) is 1.93. The van der Waals surface area contributed by atoms with Crippen molar-refractivity contribution < 1.29 is 4.74 Å². The van der Waals surface area contributed by atoms with E-state index < -0.39 is 0 Å². The molecule has 1 atom stereocenters. The maximum Gasteiger partial charge on any atom is 0.127 e. The highest BCUT2D eigenvalue weighted by Gasteiger charge is 2.09. The SMILES string of the molecule is CNCc1cnccc1OC(C)CC(C)C. The minimum atomic E-state index is 0.248. The van der Waals surface area contributed by atoms with Crippen LogP contribution in [-0.2, 0) is 6.54 Å². The second-order valence-corrected chi connectivity index (χ2v) is 4.57. The van der Waals surface area contributed by atoms with Crippen molar-refractivity contribution in [2.24, 2.45) is 5.92 Å². The van der Waals surface area contributed by atoms with Gasteiger partial charge in [-0.1, -0.05) is 13.8 Å². The molecule has 1 heterocycles. The maximum atomic E-state index is 5.93. The number of pyridine rings is 1. The third-order valence-electron chi connectivity index (χ3n) is 2.36. The summed E-state index contributed by atoms with van der Waals surface area (Å²) in [5.74, 6) is 1.60. The molecular weight excluding hydrogens is 200 g/mol. The van der Waals surface area contributed by atoms with Gasteiger partial charge in [0.05, 0.1) is 6.10 Å². The lowest BCUT2D eigenvalue weighted by molar-refractivity contribution is 0.191. The van der Waals surface area contributed by atoms with Gasteiger partial charge in [-0.15, -0.1) is 0 Å². The maximum absolute atomic E-state index is 5.93. The van der Waals surface area contributed by atoms with E-state index in [2.05, 4.69) is 31.1 Å². The summed E-state index contributed by atoms with van der Waals surface area (Å²) < 4.78 is 5.93. The van der Waals surface area contributed by atoms with E-state index in [1.165, 1.54) is 0 Å². The first-order chi connectivity index (χ1) is 7.63. The van der Waals surface area contributed by atoms with Crippen molar-refractivity contribution >= 4 is 0 Å². The molecule has 90 valence electrons. The van der Waals surface area contributed by atoms with E-state index in [-0.39, 0.29) is 6.10 Å². The standard InChI is InChI=1S/C13H22N2O/c1-10(2)7-11(3)16-13-5-6-15-9-12(13)8-14-4/h5-6,9-11,14H,7-8H2,1-4H3. The first kappa shape index (κ1) is 13.0. The zero-order chi connectivity index (χ0) is 12.0. The van der Waals surface area contributed by atoms with Crippen molar-refractivity contribution in [3.63, 3.8) is 0 Å². The topological polar surface area (TPSA) is 34.2 Å². The molecule has 1 aromatic heterocycles. The van der Waals surface area contributed by atoms with E-state index in [9.17, 15) is 0 Å². The third kappa shape index (κ3) is 4.19. The van der Waals surface area contributed by atoms with Gasteiger partial charge in [-0.25, -0.2) is 0 Å². The summed E-state index contributed by atoms with van der Waals surface area (Å²) in [4.78, 5) is 4.11. The van der Waals surface area contributed by atoms with Gasteiger partial charge in [-0.2, -0.15) is 0 Å². The average molecular weight is 222 g/mol. The number of nitrogens with zero attached hydrogens (tertiary/aromatic N) is 1. The molecule has 0 bridgehead atoms. The molecule has 3 nitrogen and oxygen atoms in total. The molecule has 0 saturated carbocycles. The Morgan fingerprint density at radius 1 is 1.38 bits per heavy atom. The Balaban J connectivity index is 2.64. The summed E-state index contributed by atoms with van der Waals surface area (Å²) in [6.45, 7) is 7.32. The zero-order valence-corrected chi connectivity index (χ0v) is 10.7. The zero-order valence-electron chi connectivity index (χ0n) is 10.7. The van der Waals surface area contributed by atoms with E-state index in [0.29, 0.717) is 5.92 Å². The van der Waals surface area contributed by atoms with Crippen molar-refractivity contribution in [2.45, 2.75) is 39.8 Å². The van der Waals surface area contributed by atoms with Crippen LogP contribution < -0.4 is 10.1 Å². The molecule has 0 spiro atoms. The molecule has 3 heteroatoms. The van der Waals surface area contributed by atoms with E-state index in [0.717, 1.165) is 24.3 Å². The highest BCUT2D eigenvalue weighted by Crippen LogP contribution is 2.20. The Bertz CT molecular complexity index is 313. The molecule has 1 rings (SSSR count). The van der Waals surface area contributed by atoms with Gasteiger partial charge in [0.2, 0.25) is 0 Å². The van der Waals surface area contributed by atoms with Crippen LogP contribution in [0.25, 0.3) is 0 Å². The fourth-order valence-corrected chi connectivity index (χ4v) is 1.78. The predicted octanol–water partition coefficient (Wildman–Crippen LogP) is 2.61. The molecule has 0 fully saturated rings. The summed E-state index contributed by atoms with van der Waals surface area (Å²) >= 11 is 0. The minimum Gasteiger partial charge on any atom is -0.490 e. The van der Waals surface area contributed by atoms with E-state index in [1.807, 2.05) is 19.3 Å². The fraction of sp³-hybridized carbons (Fsp3) is 0.615. The van der Waals surface area contributed by atoms with Crippen LogP contribution in [-0.4, -0.2) is 18.1 Å². The van der Waals surface area contributed by atoms with Crippen molar-refractivity contribution in [2.75, 3.05) is 7.05 Å². The van der Waals surface area contributed by atoms with E-state index in [4.69, 9.17) is 4.74 Å². The molecule has 0 aliphatic heterocycles. The Labute approximate surface area is 98.2 Å². The molecule has 1 unspecified atom stereocenters. The molecule has 1 N–H and O–H groups in total. The van der Waals surface area contributed by atoms with E-state index >= 15 is 0 Å². The third-order valence-corrected chi connectivity index (χ3v) is 2.36. The average Bonchev–Trinajstić information content (AvgIpc) is 2.20. The van der Waals surface area contributed by atoms with Crippen LogP contribution in [0.1, 0.15) is 32.8 Å². The Morgan fingerprint density at radius 3 is 2.75 bits per heavy atom. The number of ether oxygens (including phenoxy) is 1. The van der Waals surface area contributed by atoms with Crippen molar-refractivity contribution in [3.8, 4) is 5.75 Å². The fourth-order valence-electron chi connectivity index (χ4n) is 1.78. The smallest absolute Gasteiger partial charge is 0.127 e. The Morgan fingerprint density at radius 2 is 2.12 bits per heavy atom. The number of aromatic nitrogens is 1. The lowest BCUT2D eigenvalue weighted by Gasteiger charge is -2.18. The van der Waals surface area contributed by atoms with Gasteiger partial charge < -0.3 is 10.1 Å². The van der Waals surface area contributed by atoms with Crippen molar-refractivity contribution in [3.05, 3.63) is 24.0 Å². The van der Waals surface area contributed by atoms with Gasteiger partial charge in [-0.05, 0) is 32.4 Å². The number of hydrogen-bond donors (Lipinski definition) is 1. The lowest BCUT2D eigenvalue weighted by atomic mass is 10.1. The largest absolute Gasteiger partial charge is 0.490 e. The van der Waals surface area contributed by atoms with Crippen LogP contribution >= 0.6 is 0 Å². The minimum absolute atomic E-state index is 0.248. The van der Waals surface area contributed by atoms with Crippen LogP contribution in [0.4, 0.5) is 0 Å². The number of nitrogens with one attached hydrogen (secondary N) is 1. The predicted molar refractivity (Wildman–Crippen MR) is 66.5 cm³/mol. The highest BCUT2D eigenvalue weighted by molar-refractivity contribution is 5.30. The van der Waals surface area contributed by atoms with Gasteiger partial charge in [-0.3, -0.25) is 4.98 Å². The van der Waals surface area contributed by atoms with Gasteiger partial charge in [0.1, 0.15) is 5.75 Å². The molecule has 16 heavy (non-hydrogen) atoms.